The first kappa shape index (κ1) is 32.9. The SMILES string of the molecule is [2H]c1c([2H])c([2H])c2c(c1[2H])-c1cc(-c3c(C([2H])([2H])[2H])cccc3C([2H])([2H])[2H])cc(C(C)(C)C)c1-[n+]1[c-]n(-c3cccc(Oc4ccc5c6ccccc6n(-c6cc(C(C)(C)C)ccn6)c5c4)c3)c3cc(C(C)(C)C)cc(c31)-c1c([2H])c([2H])c([2H])c([2H])c1-2. The fraction of sp³-hybridized carbons (Fsp3) is 0.206. The van der Waals surface area contributed by atoms with Crippen LogP contribution in [0.3, 0.4) is 0 Å². The Kier molecular flexibility index (Phi) is 7.55. The summed E-state index contributed by atoms with van der Waals surface area (Å²) in [6.07, 6.45) is 5.52. The van der Waals surface area contributed by atoms with Gasteiger partial charge in [-0.15, -0.1) is 0 Å². The number of hydrogen-bond acceptors (Lipinski definition) is 2. The van der Waals surface area contributed by atoms with E-state index in [1.165, 1.54) is 18.2 Å². The molecule has 360 valence electrons. The van der Waals surface area contributed by atoms with Gasteiger partial charge >= 0.3 is 0 Å². The number of aromatic nitrogens is 4. The molecule has 8 aromatic carbocycles. The lowest BCUT2D eigenvalue weighted by Crippen LogP contribution is -2.35. The number of hydrogen-bond donors (Lipinski definition) is 0. The Morgan fingerprint density at radius 3 is 1.88 bits per heavy atom. The number of para-hydroxylation sites is 1. The van der Waals surface area contributed by atoms with Crippen LogP contribution in [0.1, 0.15) is 109 Å². The molecule has 0 saturated carbocycles. The van der Waals surface area contributed by atoms with Crippen LogP contribution >= 0.6 is 0 Å². The zero-order chi connectivity index (χ0) is 62.7. The number of imidazole rings is 1. The van der Waals surface area contributed by atoms with Gasteiger partial charge in [-0.25, -0.2) is 4.98 Å². The highest BCUT2D eigenvalue weighted by Gasteiger charge is 2.32. The van der Waals surface area contributed by atoms with Crippen LogP contribution in [0.15, 0.2) is 176 Å². The lowest BCUT2D eigenvalue weighted by Gasteiger charge is -2.28. The largest absolute Gasteiger partial charge is 0.458 e. The Bertz CT molecular complexity index is 4710. The predicted molar refractivity (Wildman–Crippen MR) is 303 cm³/mol. The summed E-state index contributed by atoms with van der Waals surface area (Å²) >= 11 is 0. The Morgan fingerprint density at radius 2 is 1.19 bits per heavy atom. The summed E-state index contributed by atoms with van der Waals surface area (Å²) in [6.45, 7) is 12.7. The number of ether oxygens (including phenoxy) is 1. The van der Waals surface area contributed by atoms with Gasteiger partial charge in [0, 0.05) is 31.3 Å². The van der Waals surface area contributed by atoms with Crippen LogP contribution in [0.2, 0.25) is 0 Å². The number of nitrogens with zero attached hydrogens (tertiary/aromatic N) is 4. The maximum absolute atomic E-state index is 9.96. The Hall–Kier alpha value is -8.02. The third-order valence-corrected chi connectivity index (χ3v) is 14.1. The first-order valence-electron chi connectivity index (χ1n) is 31.5. The molecule has 73 heavy (non-hydrogen) atoms. The van der Waals surface area contributed by atoms with Gasteiger partial charge in [0.05, 0.1) is 44.4 Å². The van der Waals surface area contributed by atoms with Gasteiger partial charge in [-0.2, -0.15) is 0 Å². The van der Waals surface area contributed by atoms with Crippen LogP contribution in [0.4, 0.5) is 0 Å². The van der Waals surface area contributed by atoms with Crippen molar-refractivity contribution in [1.82, 2.24) is 14.1 Å². The van der Waals surface area contributed by atoms with Crippen molar-refractivity contribution in [1.29, 1.82) is 0 Å². The first-order valence-corrected chi connectivity index (χ1v) is 24.5. The van der Waals surface area contributed by atoms with E-state index in [1.807, 2.05) is 125 Å². The van der Waals surface area contributed by atoms with Crippen molar-refractivity contribution in [3.63, 3.8) is 0 Å². The second-order valence-electron chi connectivity index (χ2n) is 22.1. The molecule has 0 aliphatic carbocycles. The van der Waals surface area contributed by atoms with Crippen LogP contribution in [0.25, 0.3) is 94.5 Å². The molecule has 1 aliphatic rings. The smallest absolute Gasteiger partial charge is 0.269 e. The molecule has 0 bridgehead atoms. The molecule has 11 aromatic rings. The summed E-state index contributed by atoms with van der Waals surface area (Å²) in [6, 6.07) is 32.4. The zero-order valence-corrected chi connectivity index (χ0v) is 42.3. The number of aryl methyl sites for hydroxylation is 2. The highest BCUT2D eigenvalue weighted by molar-refractivity contribution is 6.09. The van der Waals surface area contributed by atoms with E-state index >= 15 is 0 Å². The van der Waals surface area contributed by atoms with Crippen molar-refractivity contribution >= 4 is 32.8 Å². The summed E-state index contributed by atoms with van der Waals surface area (Å²) in [7, 11) is 0. The zero-order valence-electron chi connectivity index (χ0n) is 56.3. The van der Waals surface area contributed by atoms with E-state index < -0.39 is 72.9 Å². The third kappa shape index (κ3) is 7.76. The minimum absolute atomic E-state index is 0.0312. The maximum atomic E-state index is 9.96. The molecule has 0 amide bonds. The molecule has 12 rings (SSSR count). The summed E-state index contributed by atoms with van der Waals surface area (Å²) in [4.78, 5) is 4.87. The number of pyridine rings is 1. The Morgan fingerprint density at radius 1 is 0.548 bits per heavy atom. The van der Waals surface area contributed by atoms with Crippen LogP contribution in [0, 0.1) is 20.0 Å². The second-order valence-corrected chi connectivity index (χ2v) is 22.1. The summed E-state index contributed by atoms with van der Waals surface area (Å²) in [5, 5.41) is 2.06. The van der Waals surface area contributed by atoms with Gasteiger partial charge in [0.25, 0.3) is 6.33 Å². The van der Waals surface area contributed by atoms with Gasteiger partial charge in [-0.1, -0.05) is 165 Å². The molecule has 5 nitrogen and oxygen atoms in total. The Balaban J connectivity index is 1.20. The average Bonchev–Trinajstić information content (AvgIpc) is 1.64. The van der Waals surface area contributed by atoms with E-state index in [2.05, 4.69) is 49.9 Å². The van der Waals surface area contributed by atoms with E-state index in [-0.39, 0.29) is 55.5 Å². The Labute approximate surface area is 449 Å². The molecule has 5 heteroatoms. The third-order valence-electron chi connectivity index (χ3n) is 14.1. The standard InChI is InChI=1S/C68H62N4O/c1-42-20-18-21-43(2)63(42)44-34-56-52-26-14-12-24-50(52)51-25-13-15-27-53(51)57-36-46(67(6,7)8)37-61-65(57)71(64(56)58(35-44)68(9,10)11)41-70(61)47-22-19-23-48(39-47)73-49-30-31-55-54-28-16-17-29-59(54)72(60(55)40-49)62-38-45(32-33-69-62)66(3,4)5/h12-40H,1-11H3/i1D3,2D3,12D,13D,14D,15D,24D,25D,26D,27D. The average molecular weight is 965 g/mol. The van der Waals surface area contributed by atoms with Crippen molar-refractivity contribution in [2.45, 2.75) is 92.3 Å². The van der Waals surface area contributed by atoms with Gasteiger partial charge in [0.2, 0.25) is 0 Å². The van der Waals surface area contributed by atoms with Gasteiger partial charge in [-0.05, 0) is 163 Å². The minimum atomic E-state index is -2.83. The number of benzene rings is 8. The van der Waals surface area contributed by atoms with E-state index in [9.17, 15) is 11.0 Å². The van der Waals surface area contributed by atoms with Crippen LogP contribution < -0.4 is 9.30 Å². The number of rotatable bonds is 5. The quantitative estimate of drug-likeness (QED) is 0.127. The highest BCUT2D eigenvalue weighted by Crippen LogP contribution is 2.48. The molecule has 0 N–H and O–H groups in total. The summed E-state index contributed by atoms with van der Waals surface area (Å²) in [5.74, 6) is 1.77. The molecule has 0 radical (unpaired) electrons. The molecular formula is C68H62N4O. The lowest BCUT2D eigenvalue weighted by atomic mass is 9.79. The minimum Gasteiger partial charge on any atom is -0.458 e. The normalized spacial score (nSPS) is 15.7. The number of fused-ring (bicyclic) bond motifs is 10. The predicted octanol–water partition coefficient (Wildman–Crippen LogP) is 17.5. The molecule has 4 heterocycles. The van der Waals surface area contributed by atoms with Crippen molar-refractivity contribution in [3.05, 3.63) is 210 Å². The van der Waals surface area contributed by atoms with E-state index in [0.29, 0.717) is 45.0 Å². The molecule has 0 atom stereocenters. The van der Waals surface area contributed by atoms with E-state index in [4.69, 9.17) is 17.9 Å². The van der Waals surface area contributed by atoms with Crippen molar-refractivity contribution in [2.24, 2.45) is 0 Å². The molecule has 0 fully saturated rings. The summed E-state index contributed by atoms with van der Waals surface area (Å²) in [5.41, 5.74) is 3.63. The van der Waals surface area contributed by atoms with Crippen molar-refractivity contribution in [2.75, 3.05) is 0 Å². The first-order chi connectivity index (χ1) is 40.7. The highest BCUT2D eigenvalue weighted by atomic mass is 16.5. The van der Waals surface area contributed by atoms with Gasteiger partial charge in [-0.3, -0.25) is 13.7 Å². The van der Waals surface area contributed by atoms with E-state index in [0.717, 1.165) is 38.8 Å². The maximum Gasteiger partial charge on any atom is 0.269 e. The second kappa shape index (κ2) is 16.8. The van der Waals surface area contributed by atoms with Crippen LogP contribution in [0.5, 0.6) is 11.5 Å². The molecular weight excluding hydrogens is 889 g/mol. The lowest BCUT2D eigenvalue weighted by molar-refractivity contribution is -0.572. The summed E-state index contributed by atoms with van der Waals surface area (Å²) < 4.78 is 142. The monoisotopic (exact) mass is 965 g/mol. The van der Waals surface area contributed by atoms with Gasteiger partial charge in [0.15, 0.2) is 0 Å². The molecule has 0 spiro atoms. The van der Waals surface area contributed by atoms with Crippen LogP contribution in [-0.2, 0) is 16.2 Å². The van der Waals surface area contributed by atoms with Gasteiger partial charge < -0.3 is 4.74 Å². The fourth-order valence-corrected chi connectivity index (χ4v) is 10.4. The molecule has 3 aromatic heterocycles. The van der Waals surface area contributed by atoms with Crippen LogP contribution in [-0.4, -0.2) is 14.1 Å². The fourth-order valence-electron chi connectivity index (χ4n) is 10.4. The van der Waals surface area contributed by atoms with Crippen molar-refractivity contribution in [3.8, 4) is 73.2 Å². The molecule has 0 unspecified atom stereocenters. The van der Waals surface area contributed by atoms with Gasteiger partial charge in [0.1, 0.15) is 17.3 Å². The van der Waals surface area contributed by atoms with E-state index in [1.54, 1.807) is 16.7 Å². The topological polar surface area (TPSA) is 35.9 Å². The molecule has 0 saturated heterocycles. The van der Waals surface area contributed by atoms with Crippen molar-refractivity contribution < 1.29 is 28.5 Å². The molecule has 1 aliphatic heterocycles.